The van der Waals surface area contributed by atoms with Crippen LogP contribution in [0.5, 0.6) is 11.5 Å². The molecule has 0 radical (unpaired) electrons. The van der Waals surface area contributed by atoms with Crippen LogP contribution in [0.3, 0.4) is 0 Å². The number of carbonyl (C=O) groups is 3. The predicted octanol–water partition coefficient (Wildman–Crippen LogP) is 9.16. The molecule has 0 aliphatic carbocycles. The molecule has 0 bridgehead atoms. The first-order valence-corrected chi connectivity index (χ1v) is 22.4. The zero-order chi connectivity index (χ0) is 40.1. The summed E-state index contributed by atoms with van der Waals surface area (Å²) in [5.74, 6) is -0.488. The molecule has 0 aromatic heterocycles. The van der Waals surface area contributed by atoms with E-state index in [0.29, 0.717) is 44.7 Å². The van der Waals surface area contributed by atoms with Gasteiger partial charge in [0, 0.05) is 40.8 Å². The first kappa shape index (κ1) is 38.5. The highest BCUT2D eigenvalue weighted by Gasteiger charge is 2.67. The summed E-state index contributed by atoms with van der Waals surface area (Å²) in [7, 11) is -3.57. The number of amides is 3. The smallest absolute Gasteiger partial charge is 0.266 e. The van der Waals surface area contributed by atoms with Gasteiger partial charge in [-0.2, -0.15) is 0 Å². The van der Waals surface area contributed by atoms with Crippen molar-refractivity contribution < 1.29 is 33.1 Å². The van der Waals surface area contributed by atoms with E-state index in [1.165, 1.54) is 0 Å². The summed E-state index contributed by atoms with van der Waals surface area (Å²) >= 11 is 6.59. The minimum absolute atomic E-state index is 0.103. The highest BCUT2D eigenvalue weighted by Crippen LogP contribution is 2.60. The molecule has 1 saturated heterocycles. The Morgan fingerprint density at radius 1 is 0.877 bits per heavy atom. The Hall–Kier alpha value is -5.33. The van der Waals surface area contributed by atoms with Gasteiger partial charge in [0.05, 0.1) is 42.6 Å². The Morgan fingerprint density at radius 3 is 2.28 bits per heavy atom. The molecule has 0 unspecified atom stereocenters. The molecule has 12 heteroatoms. The van der Waals surface area contributed by atoms with Crippen LogP contribution < -0.4 is 14.5 Å². The van der Waals surface area contributed by atoms with Gasteiger partial charge in [-0.3, -0.25) is 19.3 Å². The molecule has 1 fully saturated rings. The Morgan fingerprint density at radius 2 is 1.56 bits per heavy atom. The predicted molar refractivity (Wildman–Crippen MR) is 220 cm³/mol. The Balaban J connectivity index is 1.10. The molecule has 4 atom stereocenters. The lowest BCUT2D eigenvalue weighted by atomic mass is 9.82. The number of anilines is 3. The maximum Gasteiger partial charge on any atom is 0.266 e. The van der Waals surface area contributed by atoms with Crippen LogP contribution in [0.25, 0.3) is 0 Å². The van der Waals surface area contributed by atoms with E-state index in [1.54, 1.807) is 64.2 Å². The Labute approximate surface area is 337 Å². The average molecular weight is 804 g/mol. The Bertz CT molecular complexity index is 2340. The van der Waals surface area contributed by atoms with Gasteiger partial charge < -0.3 is 28.5 Å². The monoisotopic (exact) mass is 803 g/mol. The molecule has 3 heterocycles. The summed E-state index contributed by atoms with van der Waals surface area (Å²) in [4.78, 5) is 47.8. The van der Waals surface area contributed by atoms with Crippen molar-refractivity contribution in [3.05, 3.63) is 149 Å². The lowest BCUT2D eigenvalue weighted by molar-refractivity contribution is -0.150. The van der Waals surface area contributed by atoms with Crippen molar-refractivity contribution in [2.45, 2.75) is 56.8 Å². The number of aliphatic hydroxyl groups is 1. The number of para-hydroxylation sites is 3. The largest absolute Gasteiger partial charge is 0.454 e. The van der Waals surface area contributed by atoms with Crippen LogP contribution in [-0.2, 0) is 33.0 Å². The standard InChI is InChI=1S/C45H43ClFN3O6Si/c1-29-42(57(2,3)47)40(26-41(52)48(23-24-51)27-30-11-5-4-6-12-30)56-45(29)35-25-32(46)19-22-36(35)49(44(45)54)28-31-17-20-33(21-18-31)50-37-14-8-10-16-39(37)55-38-15-9-7-13-34(38)43(50)53/h4-22,25,29,40,42,51H,23-24,26-28H2,1-3H3/t29-,40+,42-,45+/m0/s1. The van der Waals surface area contributed by atoms with Gasteiger partial charge in [-0.05, 0) is 78.8 Å². The first-order chi connectivity index (χ1) is 27.4. The van der Waals surface area contributed by atoms with E-state index in [-0.39, 0.29) is 50.4 Å². The molecule has 0 saturated carbocycles. The van der Waals surface area contributed by atoms with Crippen LogP contribution in [0.1, 0.15) is 40.4 Å². The lowest BCUT2D eigenvalue weighted by Gasteiger charge is -2.31. The van der Waals surface area contributed by atoms with Gasteiger partial charge in [-0.1, -0.05) is 85.3 Å². The van der Waals surface area contributed by atoms with Crippen molar-refractivity contribution in [1.82, 2.24) is 4.90 Å². The third kappa shape index (κ3) is 6.92. The van der Waals surface area contributed by atoms with Crippen LogP contribution in [-0.4, -0.2) is 55.4 Å². The highest BCUT2D eigenvalue weighted by atomic mass is 35.5. The van der Waals surface area contributed by atoms with Crippen LogP contribution in [0, 0.1) is 5.92 Å². The molecule has 5 aromatic rings. The highest BCUT2D eigenvalue weighted by molar-refractivity contribution is 6.72. The maximum atomic E-state index is 16.5. The number of aliphatic hydroxyl groups excluding tert-OH is 1. The molecule has 3 aliphatic heterocycles. The van der Waals surface area contributed by atoms with Gasteiger partial charge in [0.2, 0.25) is 14.3 Å². The van der Waals surface area contributed by atoms with Crippen LogP contribution >= 0.6 is 11.6 Å². The molecular weight excluding hydrogens is 761 g/mol. The van der Waals surface area contributed by atoms with Crippen molar-refractivity contribution in [1.29, 1.82) is 0 Å². The summed E-state index contributed by atoms with van der Waals surface area (Å²) in [6, 6.07) is 36.6. The molecule has 3 aliphatic rings. The molecule has 9 nitrogen and oxygen atoms in total. The van der Waals surface area contributed by atoms with Gasteiger partial charge >= 0.3 is 0 Å². The molecule has 1 N–H and O–H groups in total. The number of hydrogen-bond donors (Lipinski definition) is 1. The number of halogens is 2. The second-order valence-corrected chi connectivity index (χ2v) is 19.7. The summed E-state index contributed by atoms with van der Waals surface area (Å²) in [5.41, 5.74) is 2.19. The molecule has 5 aromatic carbocycles. The van der Waals surface area contributed by atoms with Crippen molar-refractivity contribution in [3.63, 3.8) is 0 Å². The number of carbonyl (C=O) groups excluding carboxylic acids is 3. The maximum absolute atomic E-state index is 16.5. The molecule has 292 valence electrons. The van der Waals surface area contributed by atoms with Crippen molar-refractivity contribution >= 4 is 54.8 Å². The van der Waals surface area contributed by atoms with Crippen molar-refractivity contribution in [3.8, 4) is 11.5 Å². The quantitative estimate of drug-likeness (QED) is 0.112. The average Bonchev–Trinajstić information content (AvgIpc) is 3.56. The third-order valence-electron chi connectivity index (χ3n) is 11.4. The second-order valence-electron chi connectivity index (χ2n) is 15.4. The number of hydrogen-bond acceptors (Lipinski definition) is 6. The molecular formula is C45H43ClFN3O6Si. The first-order valence-electron chi connectivity index (χ1n) is 19.1. The molecule has 57 heavy (non-hydrogen) atoms. The summed E-state index contributed by atoms with van der Waals surface area (Å²) in [6.07, 6.45) is -1.04. The molecule has 3 amide bonds. The van der Waals surface area contributed by atoms with Crippen LogP contribution in [0.4, 0.5) is 21.2 Å². The van der Waals surface area contributed by atoms with E-state index >= 15 is 4.11 Å². The van der Waals surface area contributed by atoms with E-state index in [4.69, 9.17) is 21.1 Å². The zero-order valence-electron chi connectivity index (χ0n) is 31.9. The Kier molecular flexibility index (Phi) is 10.3. The molecule has 8 rings (SSSR count). The van der Waals surface area contributed by atoms with E-state index in [1.807, 2.05) is 91.9 Å². The fraction of sp³-hybridized carbons (Fsp3) is 0.267. The fourth-order valence-corrected chi connectivity index (χ4v) is 11.6. The van der Waals surface area contributed by atoms with Gasteiger partial charge in [-0.15, -0.1) is 0 Å². The summed E-state index contributed by atoms with van der Waals surface area (Å²) < 4.78 is 29.5. The van der Waals surface area contributed by atoms with E-state index < -0.39 is 31.6 Å². The van der Waals surface area contributed by atoms with E-state index in [0.717, 1.165) is 11.1 Å². The SMILES string of the molecule is C[C@H]1[C@H]([Si](C)(C)F)[C@@H](CC(=O)N(CCO)Cc2ccccc2)O[C@]12C(=O)N(Cc1ccc(N3C(=O)c4ccccc4Oc4ccccc43)cc1)c1ccc(Cl)cc12. The summed E-state index contributed by atoms with van der Waals surface area (Å²) in [5, 5.41) is 10.3. The van der Waals surface area contributed by atoms with Crippen LogP contribution in [0.2, 0.25) is 23.7 Å². The van der Waals surface area contributed by atoms with E-state index in [9.17, 15) is 19.5 Å². The van der Waals surface area contributed by atoms with Gasteiger partial charge in [-0.25, -0.2) is 0 Å². The number of ether oxygens (including phenoxy) is 2. The lowest BCUT2D eigenvalue weighted by Crippen LogP contribution is -2.45. The minimum atomic E-state index is -3.57. The van der Waals surface area contributed by atoms with Crippen molar-refractivity contribution in [2.75, 3.05) is 23.0 Å². The zero-order valence-corrected chi connectivity index (χ0v) is 33.7. The third-order valence-corrected chi connectivity index (χ3v) is 14.1. The normalized spacial score (nSPS) is 21.2. The van der Waals surface area contributed by atoms with Gasteiger partial charge in [0.15, 0.2) is 11.4 Å². The topological polar surface area (TPSA) is 99.6 Å². The number of benzene rings is 5. The van der Waals surface area contributed by atoms with Gasteiger partial charge in [0.25, 0.3) is 11.8 Å². The number of nitrogens with zero attached hydrogens (tertiary/aromatic N) is 3. The van der Waals surface area contributed by atoms with Crippen LogP contribution in [0.15, 0.2) is 121 Å². The van der Waals surface area contributed by atoms with Gasteiger partial charge in [0.1, 0.15) is 5.75 Å². The fourth-order valence-electron chi connectivity index (χ4n) is 8.89. The minimum Gasteiger partial charge on any atom is -0.454 e. The number of fused-ring (bicyclic) bond motifs is 4. The van der Waals surface area contributed by atoms with Crippen molar-refractivity contribution in [2.24, 2.45) is 5.92 Å². The number of rotatable bonds is 10. The van der Waals surface area contributed by atoms with E-state index in [2.05, 4.69) is 0 Å². The molecule has 1 spiro atoms. The summed E-state index contributed by atoms with van der Waals surface area (Å²) in [6.45, 7) is 5.34. The second kappa shape index (κ2) is 15.2.